The Morgan fingerprint density at radius 1 is 1.22 bits per heavy atom. The van der Waals surface area contributed by atoms with Gasteiger partial charge in [-0.25, -0.2) is 0 Å². The van der Waals surface area contributed by atoms with E-state index < -0.39 is 12.2 Å². The molecule has 0 heterocycles. The van der Waals surface area contributed by atoms with Crippen LogP contribution in [0.1, 0.15) is 11.7 Å². The second-order valence-corrected chi connectivity index (χ2v) is 5.03. The fourth-order valence-electron chi connectivity index (χ4n) is 1.41. The number of likely N-dealkylation sites (N-methyl/N-ethyl adjacent to an activating group) is 1. The van der Waals surface area contributed by atoms with Crippen LogP contribution in [0.15, 0.2) is 24.3 Å². The third-order valence-corrected chi connectivity index (χ3v) is 3.21. The van der Waals surface area contributed by atoms with Crippen molar-refractivity contribution in [1.29, 1.82) is 0 Å². The molecular formula is C13H20BrNO3. The minimum atomic E-state index is -0.875. The van der Waals surface area contributed by atoms with Crippen molar-refractivity contribution in [2.75, 3.05) is 32.6 Å². The quantitative estimate of drug-likeness (QED) is 0.747. The van der Waals surface area contributed by atoms with E-state index in [1.54, 1.807) is 24.3 Å². The van der Waals surface area contributed by atoms with Crippen molar-refractivity contribution in [3.8, 4) is 5.75 Å². The van der Waals surface area contributed by atoms with Crippen LogP contribution in [0.5, 0.6) is 5.75 Å². The second-order valence-electron chi connectivity index (χ2n) is 4.39. The van der Waals surface area contributed by atoms with Crippen molar-refractivity contribution in [1.82, 2.24) is 4.90 Å². The van der Waals surface area contributed by atoms with Crippen LogP contribution in [0, 0.1) is 0 Å². The Bertz CT molecular complexity index is 343. The van der Waals surface area contributed by atoms with E-state index in [4.69, 9.17) is 4.74 Å². The average Bonchev–Trinajstić information content (AvgIpc) is 2.37. The molecule has 2 N–H and O–H groups in total. The van der Waals surface area contributed by atoms with Gasteiger partial charge in [-0.2, -0.15) is 0 Å². The highest BCUT2D eigenvalue weighted by Crippen LogP contribution is 2.21. The van der Waals surface area contributed by atoms with Crippen molar-refractivity contribution in [2.45, 2.75) is 12.2 Å². The van der Waals surface area contributed by atoms with Gasteiger partial charge in [-0.3, -0.25) is 0 Å². The summed E-state index contributed by atoms with van der Waals surface area (Å²) in [5.41, 5.74) is 0.682. The Kier molecular flexibility index (Phi) is 6.63. The zero-order valence-corrected chi connectivity index (χ0v) is 12.3. The highest BCUT2D eigenvalue weighted by Gasteiger charge is 2.16. The zero-order valence-electron chi connectivity index (χ0n) is 10.7. The Balaban J connectivity index is 2.52. The van der Waals surface area contributed by atoms with Gasteiger partial charge in [0.1, 0.15) is 18.5 Å². The van der Waals surface area contributed by atoms with Crippen molar-refractivity contribution < 1.29 is 14.9 Å². The summed E-state index contributed by atoms with van der Waals surface area (Å²) in [7, 11) is 3.98. The number of ether oxygens (including phenoxy) is 1. The molecule has 1 aromatic rings. The van der Waals surface area contributed by atoms with E-state index in [-0.39, 0.29) is 0 Å². The third-order valence-electron chi connectivity index (χ3n) is 2.55. The van der Waals surface area contributed by atoms with Gasteiger partial charge in [-0.05, 0) is 31.8 Å². The van der Waals surface area contributed by atoms with Crippen LogP contribution in [0.25, 0.3) is 0 Å². The number of hydrogen-bond acceptors (Lipinski definition) is 4. The summed E-state index contributed by atoms with van der Waals surface area (Å²) in [6.07, 6.45) is -1.68. The molecule has 0 aromatic heterocycles. The predicted octanol–water partition coefficient (Wildman–Crippen LogP) is 1.42. The molecule has 0 fully saturated rings. The number of halogens is 1. The molecule has 102 valence electrons. The normalized spacial score (nSPS) is 14.6. The second kappa shape index (κ2) is 7.74. The van der Waals surface area contributed by atoms with E-state index in [2.05, 4.69) is 15.9 Å². The van der Waals surface area contributed by atoms with Crippen molar-refractivity contribution >= 4 is 15.9 Å². The molecule has 0 radical (unpaired) electrons. The number of rotatable bonds is 7. The molecule has 0 bridgehead atoms. The van der Waals surface area contributed by atoms with E-state index >= 15 is 0 Å². The smallest absolute Gasteiger partial charge is 0.119 e. The maximum Gasteiger partial charge on any atom is 0.119 e. The maximum atomic E-state index is 9.80. The highest BCUT2D eigenvalue weighted by atomic mass is 79.9. The third kappa shape index (κ3) is 4.94. The largest absolute Gasteiger partial charge is 0.492 e. The van der Waals surface area contributed by atoms with Crippen LogP contribution in [-0.4, -0.2) is 53.8 Å². The fourth-order valence-corrected chi connectivity index (χ4v) is 1.77. The molecule has 0 saturated carbocycles. The van der Waals surface area contributed by atoms with Crippen LogP contribution in [0.3, 0.4) is 0 Å². The first-order valence-electron chi connectivity index (χ1n) is 5.84. The van der Waals surface area contributed by atoms with Gasteiger partial charge >= 0.3 is 0 Å². The van der Waals surface area contributed by atoms with Crippen molar-refractivity contribution in [3.05, 3.63) is 29.8 Å². The minimum Gasteiger partial charge on any atom is -0.492 e. The van der Waals surface area contributed by atoms with Crippen molar-refractivity contribution in [3.63, 3.8) is 0 Å². The Labute approximate surface area is 116 Å². The first-order valence-corrected chi connectivity index (χ1v) is 6.96. The fraction of sp³-hybridized carbons (Fsp3) is 0.538. The molecule has 1 rings (SSSR count). The molecule has 0 aliphatic heterocycles. The standard InChI is InChI=1S/C13H20BrNO3/c1-15(2)7-8-18-11-5-3-10(4-6-11)13(17)12(16)9-14/h3-6,12-13,16-17H,7-9H2,1-2H3. The molecule has 2 unspecified atom stereocenters. The summed E-state index contributed by atoms with van der Waals surface area (Å²) in [6.45, 7) is 1.48. The molecule has 18 heavy (non-hydrogen) atoms. The molecule has 1 aromatic carbocycles. The topological polar surface area (TPSA) is 52.9 Å². The molecular weight excluding hydrogens is 298 g/mol. The van der Waals surface area contributed by atoms with Gasteiger partial charge < -0.3 is 19.8 Å². The number of alkyl halides is 1. The maximum absolute atomic E-state index is 9.80. The van der Waals surface area contributed by atoms with Gasteiger partial charge in [0.15, 0.2) is 0 Å². The molecule has 0 spiro atoms. The zero-order chi connectivity index (χ0) is 13.5. The van der Waals surface area contributed by atoms with Gasteiger partial charge in [0, 0.05) is 11.9 Å². The van der Waals surface area contributed by atoms with E-state index in [9.17, 15) is 10.2 Å². The molecule has 0 aliphatic rings. The molecule has 5 heteroatoms. The first-order chi connectivity index (χ1) is 8.54. The summed E-state index contributed by atoms with van der Waals surface area (Å²) < 4.78 is 5.54. The summed E-state index contributed by atoms with van der Waals surface area (Å²) in [5, 5.41) is 19.7. The number of hydrogen-bond donors (Lipinski definition) is 2. The average molecular weight is 318 g/mol. The van der Waals surface area contributed by atoms with Gasteiger partial charge in [0.05, 0.1) is 6.10 Å². The Morgan fingerprint density at radius 2 is 1.83 bits per heavy atom. The van der Waals surface area contributed by atoms with E-state index in [0.29, 0.717) is 17.5 Å². The van der Waals surface area contributed by atoms with Crippen LogP contribution in [0.4, 0.5) is 0 Å². The number of aliphatic hydroxyl groups excluding tert-OH is 2. The van der Waals surface area contributed by atoms with Crippen LogP contribution < -0.4 is 4.74 Å². The molecule has 0 amide bonds. The molecule has 0 aliphatic carbocycles. The van der Waals surface area contributed by atoms with Crippen LogP contribution >= 0.6 is 15.9 Å². The number of nitrogens with zero attached hydrogens (tertiary/aromatic N) is 1. The van der Waals surface area contributed by atoms with Gasteiger partial charge in [-0.15, -0.1) is 0 Å². The van der Waals surface area contributed by atoms with E-state index in [0.717, 1.165) is 12.3 Å². The van der Waals surface area contributed by atoms with E-state index in [1.807, 2.05) is 19.0 Å². The number of aliphatic hydroxyl groups is 2. The minimum absolute atomic E-state index is 0.343. The van der Waals surface area contributed by atoms with Crippen LogP contribution in [-0.2, 0) is 0 Å². The lowest BCUT2D eigenvalue weighted by molar-refractivity contribution is 0.0342. The summed E-state index contributed by atoms with van der Waals surface area (Å²) in [4.78, 5) is 2.05. The Morgan fingerprint density at radius 3 is 2.33 bits per heavy atom. The molecule has 4 nitrogen and oxygen atoms in total. The van der Waals surface area contributed by atoms with Gasteiger partial charge in [0.25, 0.3) is 0 Å². The predicted molar refractivity (Wildman–Crippen MR) is 75.3 cm³/mol. The molecule has 0 saturated heterocycles. The molecule has 2 atom stereocenters. The Hall–Kier alpha value is -0.620. The lowest BCUT2D eigenvalue weighted by Gasteiger charge is -2.16. The number of benzene rings is 1. The summed E-state index contributed by atoms with van der Waals surface area (Å²) in [6, 6.07) is 7.13. The van der Waals surface area contributed by atoms with Gasteiger partial charge in [0.2, 0.25) is 0 Å². The monoisotopic (exact) mass is 317 g/mol. The van der Waals surface area contributed by atoms with Crippen molar-refractivity contribution in [2.24, 2.45) is 0 Å². The van der Waals surface area contributed by atoms with E-state index in [1.165, 1.54) is 0 Å². The van der Waals surface area contributed by atoms with Gasteiger partial charge in [-0.1, -0.05) is 28.1 Å². The first kappa shape index (κ1) is 15.4. The summed E-state index contributed by atoms with van der Waals surface area (Å²) in [5.74, 6) is 0.765. The highest BCUT2D eigenvalue weighted by molar-refractivity contribution is 9.09. The summed E-state index contributed by atoms with van der Waals surface area (Å²) >= 11 is 3.14. The van der Waals surface area contributed by atoms with Crippen LogP contribution in [0.2, 0.25) is 0 Å². The lowest BCUT2D eigenvalue weighted by atomic mass is 10.1. The SMILES string of the molecule is CN(C)CCOc1ccc(C(O)C(O)CBr)cc1. The lowest BCUT2D eigenvalue weighted by Crippen LogP contribution is -2.20.